The molecule has 98 valence electrons. The first kappa shape index (κ1) is 12.8. The van der Waals surface area contributed by atoms with Crippen molar-refractivity contribution in [1.29, 1.82) is 0 Å². The van der Waals surface area contributed by atoms with Gasteiger partial charge in [-0.1, -0.05) is 13.8 Å². The number of hydrogen-bond donors (Lipinski definition) is 1. The van der Waals surface area contributed by atoms with Crippen LogP contribution in [0.4, 0.5) is 0 Å². The molecular formula is C13H20N4O. The smallest absolute Gasteiger partial charge is 0.0718 e. The zero-order valence-electron chi connectivity index (χ0n) is 11.2. The van der Waals surface area contributed by atoms with Gasteiger partial charge >= 0.3 is 0 Å². The molecule has 0 unspecified atom stereocenters. The van der Waals surface area contributed by atoms with E-state index in [9.17, 15) is 5.11 Å². The van der Waals surface area contributed by atoms with E-state index in [0.29, 0.717) is 6.54 Å². The first-order valence-corrected chi connectivity index (χ1v) is 6.35. The van der Waals surface area contributed by atoms with Crippen LogP contribution in [0.3, 0.4) is 0 Å². The molecule has 0 aliphatic heterocycles. The van der Waals surface area contributed by atoms with Gasteiger partial charge in [0.15, 0.2) is 0 Å². The second-order valence-electron chi connectivity index (χ2n) is 4.42. The van der Waals surface area contributed by atoms with E-state index in [4.69, 9.17) is 0 Å². The number of aromatic nitrogens is 4. The van der Waals surface area contributed by atoms with E-state index in [1.807, 2.05) is 24.1 Å². The topological polar surface area (TPSA) is 55.9 Å². The van der Waals surface area contributed by atoms with Crippen molar-refractivity contribution in [2.75, 3.05) is 0 Å². The molecule has 0 atom stereocenters. The summed E-state index contributed by atoms with van der Waals surface area (Å²) in [6.45, 7) is 4.94. The molecule has 0 saturated carbocycles. The van der Waals surface area contributed by atoms with Crippen LogP contribution in [0.1, 0.15) is 36.4 Å². The third-order valence-electron chi connectivity index (χ3n) is 3.17. The summed E-state index contributed by atoms with van der Waals surface area (Å²) >= 11 is 0. The molecule has 2 aromatic rings. The molecule has 0 aromatic carbocycles. The van der Waals surface area contributed by atoms with Gasteiger partial charge in [-0.05, 0) is 12.8 Å². The van der Waals surface area contributed by atoms with E-state index < -0.39 is 0 Å². The van der Waals surface area contributed by atoms with Crippen molar-refractivity contribution in [3.63, 3.8) is 0 Å². The van der Waals surface area contributed by atoms with Crippen molar-refractivity contribution in [3.05, 3.63) is 34.9 Å². The fourth-order valence-electron chi connectivity index (χ4n) is 2.31. The van der Waals surface area contributed by atoms with E-state index in [1.165, 1.54) is 0 Å². The van der Waals surface area contributed by atoms with E-state index >= 15 is 0 Å². The highest BCUT2D eigenvalue weighted by Crippen LogP contribution is 2.17. The molecule has 0 aliphatic carbocycles. The monoisotopic (exact) mass is 248 g/mol. The average Bonchev–Trinajstić information content (AvgIpc) is 2.92. The lowest BCUT2D eigenvalue weighted by Gasteiger charge is -2.05. The Morgan fingerprint density at radius 1 is 1.28 bits per heavy atom. The van der Waals surface area contributed by atoms with Crippen LogP contribution in [-0.2, 0) is 33.0 Å². The molecule has 2 aromatic heterocycles. The maximum atomic E-state index is 9.48. The summed E-state index contributed by atoms with van der Waals surface area (Å²) in [5.41, 5.74) is 4.24. The summed E-state index contributed by atoms with van der Waals surface area (Å²) in [6, 6.07) is 0. The SMILES string of the molecule is CCc1nn(Cc2cnn(C)c2)c(CC)c1CO. The van der Waals surface area contributed by atoms with Gasteiger partial charge in [-0.3, -0.25) is 9.36 Å². The molecule has 0 aliphatic rings. The predicted molar refractivity (Wildman–Crippen MR) is 69.2 cm³/mol. The van der Waals surface area contributed by atoms with Crippen LogP contribution in [0.5, 0.6) is 0 Å². The Balaban J connectivity index is 2.35. The maximum Gasteiger partial charge on any atom is 0.0718 e. The van der Waals surface area contributed by atoms with Crippen molar-refractivity contribution < 1.29 is 5.11 Å². The van der Waals surface area contributed by atoms with E-state index in [2.05, 4.69) is 24.0 Å². The van der Waals surface area contributed by atoms with Gasteiger partial charge in [0.1, 0.15) is 0 Å². The van der Waals surface area contributed by atoms with Crippen LogP contribution in [0, 0.1) is 0 Å². The maximum absolute atomic E-state index is 9.48. The number of aryl methyl sites for hydroxylation is 2. The summed E-state index contributed by atoms with van der Waals surface area (Å²) in [4.78, 5) is 0. The summed E-state index contributed by atoms with van der Waals surface area (Å²) in [5.74, 6) is 0. The Bertz CT molecular complexity index is 527. The Morgan fingerprint density at radius 2 is 2.06 bits per heavy atom. The van der Waals surface area contributed by atoms with E-state index in [-0.39, 0.29) is 6.61 Å². The van der Waals surface area contributed by atoms with Gasteiger partial charge in [0.25, 0.3) is 0 Å². The van der Waals surface area contributed by atoms with Gasteiger partial charge in [-0.15, -0.1) is 0 Å². The minimum Gasteiger partial charge on any atom is -0.392 e. The molecule has 0 amide bonds. The highest BCUT2D eigenvalue weighted by molar-refractivity contribution is 5.26. The van der Waals surface area contributed by atoms with Crippen molar-refractivity contribution in [2.24, 2.45) is 7.05 Å². The fourth-order valence-corrected chi connectivity index (χ4v) is 2.31. The zero-order chi connectivity index (χ0) is 13.1. The zero-order valence-corrected chi connectivity index (χ0v) is 11.2. The van der Waals surface area contributed by atoms with Crippen LogP contribution in [-0.4, -0.2) is 24.7 Å². The second-order valence-corrected chi connectivity index (χ2v) is 4.42. The normalized spacial score (nSPS) is 11.1. The van der Waals surface area contributed by atoms with Crippen LogP contribution in [0.25, 0.3) is 0 Å². The summed E-state index contributed by atoms with van der Waals surface area (Å²) < 4.78 is 3.78. The largest absolute Gasteiger partial charge is 0.392 e. The van der Waals surface area contributed by atoms with Crippen molar-refractivity contribution in [2.45, 2.75) is 39.8 Å². The third kappa shape index (κ3) is 2.31. The number of aliphatic hydroxyl groups excluding tert-OH is 1. The first-order chi connectivity index (χ1) is 8.69. The summed E-state index contributed by atoms with van der Waals surface area (Å²) in [5, 5.41) is 18.2. The molecule has 1 N–H and O–H groups in total. The van der Waals surface area contributed by atoms with Crippen LogP contribution >= 0.6 is 0 Å². The summed E-state index contributed by atoms with van der Waals surface area (Å²) in [7, 11) is 1.91. The highest BCUT2D eigenvalue weighted by Gasteiger charge is 2.14. The molecular weight excluding hydrogens is 228 g/mol. The minimum absolute atomic E-state index is 0.0688. The van der Waals surface area contributed by atoms with E-state index in [1.54, 1.807) is 4.68 Å². The molecule has 0 radical (unpaired) electrons. The lowest BCUT2D eigenvalue weighted by molar-refractivity contribution is 0.279. The molecule has 2 heterocycles. The molecule has 0 saturated heterocycles. The quantitative estimate of drug-likeness (QED) is 0.867. The molecule has 2 rings (SSSR count). The van der Waals surface area contributed by atoms with Crippen LogP contribution in [0.15, 0.2) is 12.4 Å². The van der Waals surface area contributed by atoms with Gasteiger partial charge in [-0.25, -0.2) is 0 Å². The molecule has 0 fully saturated rings. The predicted octanol–water partition coefficient (Wildman–Crippen LogP) is 1.28. The second kappa shape index (κ2) is 5.35. The first-order valence-electron chi connectivity index (χ1n) is 6.35. The van der Waals surface area contributed by atoms with Crippen LogP contribution < -0.4 is 0 Å². The fraction of sp³-hybridized carbons (Fsp3) is 0.538. The van der Waals surface area contributed by atoms with Gasteiger partial charge in [0.05, 0.1) is 25.0 Å². The third-order valence-corrected chi connectivity index (χ3v) is 3.17. The Hall–Kier alpha value is -1.62. The average molecular weight is 248 g/mol. The van der Waals surface area contributed by atoms with E-state index in [0.717, 1.165) is 35.4 Å². The highest BCUT2D eigenvalue weighted by atomic mass is 16.3. The van der Waals surface area contributed by atoms with Crippen molar-refractivity contribution in [3.8, 4) is 0 Å². The molecule has 0 spiro atoms. The lowest BCUT2D eigenvalue weighted by Crippen LogP contribution is -2.06. The molecule has 18 heavy (non-hydrogen) atoms. The summed E-state index contributed by atoms with van der Waals surface area (Å²) in [6.07, 6.45) is 5.57. The lowest BCUT2D eigenvalue weighted by atomic mass is 10.1. The van der Waals surface area contributed by atoms with Crippen molar-refractivity contribution >= 4 is 0 Å². The Kier molecular flexibility index (Phi) is 3.81. The Morgan fingerprint density at radius 3 is 2.56 bits per heavy atom. The molecule has 5 nitrogen and oxygen atoms in total. The number of hydrogen-bond acceptors (Lipinski definition) is 3. The van der Waals surface area contributed by atoms with Gasteiger partial charge in [-0.2, -0.15) is 10.2 Å². The Labute approximate surface area is 107 Å². The number of nitrogens with zero attached hydrogens (tertiary/aromatic N) is 4. The van der Waals surface area contributed by atoms with Gasteiger partial charge in [0, 0.05) is 30.1 Å². The number of rotatable bonds is 5. The van der Waals surface area contributed by atoms with Gasteiger partial charge in [0.2, 0.25) is 0 Å². The molecule has 0 bridgehead atoms. The van der Waals surface area contributed by atoms with Crippen LogP contribution in [0.2, 0.25) is 0 Å². The minimum atomic E-state index is 0.0688. The van der Waals surface area contributed by atoms with Gasteiger partial charge < -0.3 is 5.11 Å². The standard InChI is InChI=1S/C13H20N4O/c1-4-12-11(9-18)13(5-2)17(15-12)8-10-6-14-16(3)7-10/h6-7,18H,4-5,8-9H2,1-3H3. The number of aliphatic hydroxyl groups is 1. The molecule has 5 heteroatoms. The van der Waals surface area contributed by atoms with Crippen molar-refractivity contribution in [1.82, 2.24) is 19.6 Å².